The van der Waals surface area contributed by atoms with Gasteiger partial charge in [0.15, 0.2) is 6.73 Å². The maximum atomic E-state index is 12.8. The number of amides is 2. The summed E-state index contributed by atoms with van der Waals surface area (Å²) in [4.78, 5) is 40.2. The van der Waals surface area contributed by atoms with Crippen LogP contribution in [0, 0.1) is 6.57 Å². The van der Waals surface area contributed by atoms with Gasteiger partial charge in [0, 0.05) is 11.3 Å². The monoisotopic (exact) mass is 414 g/mol. The lowest BCUT2D eigenvalue weighted by molar-refractivity contribution is -0.139. The average Bonchev–Trinajstić information content (AvgIpc) is 3.10. The summed E-state index contributed by atoms with van der Waals surface area (Å²) in [5, 5.41) is 5.31. The van der Waals surface area contributed by atoms with Crippen molar-refractivity contribution in [2.75, 3.05) is 16.6 Å². The molecule has 0 spiro atoms. The van der Waals surface area contributed by atoms with Gasteiger partial charge in [0.2, 0.25) is 6.41 Å². The van der Waals surface area contributed by atoms with Crippen molar-refractivity contribution in [1.82, 2.24) is 0 Å². The number of ether oxygens (including phenoxy) is 1. The zero-order valence-corrected chi connectivity index (χ0v) is 16.7. The maximum absolute atomic E-state index is 12.8. The van der Waals surface area contributed by atoms with E-state index in [4.69, 9.17) is 11.3 Å². The highest BCUT2D eigenvalue weighted by atomic mass is 16.5. The summed E-state index contributed by atoms with van der Waals surface area (Å²) in [6.07, 6.45) is 2.11. The van der Waals surface area contributed by atoms with Gasteiger partial charge < -0.3 is 9.58 Å². The van der Waals surface area contributed by atoms with Crippen LogP contribution in [0.2, 0.25) is 0 Å². The molecule has 0 radical (unpaired) electrons. The third-order valence-electron chi connectivity index (χ3n) is 4.31. The first-order valence-corrected chi connectivity index (χ1v) is 9.17. The SMILES string of the molecule is [C-]#[N+]C1=NN(c2ccccc2)C(=O)C1=Cc1ccc(N(C=O)COC(=O)C(=C)C)cc1. The Kier molecular flexibility index (Phi) is 6.38. The van der Waals surface area contributed by atoms with E-state index in [-0.39, 0.29) is 23.7 Å². The molecule has 8 heteroatoms. The second-order valence-corrected chi connectivity index (χ2v) is 6.55. The van der Waals surface area contributed by atoms with Crippen LogP contribution >= 0.6 is 0 Å². The van der Waals surface area contributed by atoms with Gasteiger partial charge in [0.1, 0.15) is 0 Å². The fourth-order valence-electron chi connectivity index (χ4n) is 2.70. The number of benzene rings is 2. The summed E-state index contributed by atoms with van der Waals surface area (Å²) in [6.45, 7) is 12.1. The van der Waals surface area contributed by atoms with Gasteiger partial charge >= 0.3 is 11.8 Å². The van der Waals surface area contributed by atoms with Crippen molar-refractivity contribution in [3.05, 3.63) is 89.3 Å². The molecular formula is C23H18N4O4. The summed E-state index contributed by atoms with van der Waals surface area (Å²) < 4.78 is 4.99. The van der Waals surface area contributed by atoms with E-state index in [1.807, 2.05) is 6.07 Å². The molecule has 1 heterocycles. The molecular weight excluding hydrogens is 396 g/mol. The lowest BCUT2D eigenvalue weighted by Crippen LogP contribution is -2.26. The summed E-state index contributed by atoms with van der Waals surface area (Å²) in [7, 11) is 0. The third kappa shape index (κ3) is 4.74. The number of hydrogen-bond acceptors (Lipinski definition) is 5. The van der Waals surface area contributed by atoms with E-state index in [1.54, 1.807) is 54.6 Å². The predicted octanol–water partition coefficient (Wildman–Crippen LogP) is 3.39. The number of nitrogens with zero attached hydrogens (tertiary/aromatic N) is 4. The van der Waals surface area contributed by atoms with Gasteiger partial charge in [-0.05, 0) is 41.9 Å². The van der Waals surface area contributed by atoms with Crippen molar-refractivity contribution < 1.29 is 19.1 Å². The summed E-state index contributed by atoms with van der Waals surface area (Å²) in [5.74, 6) is -0.997. The van der Waals surface area contributed by atoms with Crippen LogP contribution in [0.4, 0.5) is 11.4 Å². The van der Waals surface area contributed by atoms with E-state index in [0.29, 0.717) is 23.3 Å². The third-order valence-corrected chi connectivity index (χ3v) is 4.31. The standard InChI is InChI=1S/C23H18N4O4/c1-16(2)23(30)31-15-26(14-28)18-11-9-17(10-12-18)13-20-21(24-3)25-27(22(20)29)19-7-5-4-6-8-19/h4-14H,1,15H2,2H3. The number of amidine groups is 1. The molecule has 0 fully saturated rings. The molecule has 0 saturated carbocycles. The van der Waals surface area contributed by atoms with Gasteiger partial charge in [-0.25, -0.2) is 4.79 Å². The normalized spacial score (nSPS) is 14.1. The van der Waals surface area contributed by atoms with Crippen LogP contribution in [0.1, 0.15) is 12.5 Å². The smallest absolute Gasteiger partial charge is 0.334 e. The van der Waals surface area contributed by atoms with Crippen molar-refractivity contribution in [3.8, 4) is 0 Å². The summed E-state index contributed by atoms with van der Waals surface area (Å²) in [5.41, 5.74) is 2.11. The van der Waals surface area contributed by atoms with Crippen LogP contribution in [0.5, 0.6) is 0 Å². The van der Waals surface area contributed by atoms with Crippen molar-refractivity contribution in [3.63, 3.8) is 0 Å². The molecule has 154 valence electrons. The van der Waals surface area contributed by atoms with Crippen molar-refractivity contribution in [2.45, 2.75) is 6.92 Å². The van der Waals surface area contributed by atoms with Crippen LogP contribution in [0.15, 0.2) is 77.4 Å². The zero-order chi connectivity index (χ0) is 22.4. The van der Waals surface area contributed by atoms with Gasteiger partial charge in [-0.2, -0.15) is 0 Å². The van der Waals surface area contributed by atoms with Crippen LogP contribution in [-0.2, 0) is 19.1 Å². The Morgan fingerprint density at radius 2 is 1.90 bits per heavy atom. The Morgan fingerprint density at radius 3 is 2.48 bits per heavy atom. The molecule has 1 aliphatic rings. The first-order chi connectivity index (χ1) is 14.9. The molecule has 31 heavy (non-hydrogen) atoms. The Bertz CT molecular complexity index is 1130. The number of carbonyl (C=O) groups excluding carboxylic acids is 3. The van der Waals surface area contributed by atoms with Crippen molar-refractivity contribution in [2.24, 2.45) is 5.10 Å². The molecule has 0 unspecified atom stereocenters. The molecule has 0 bridgehead atoms. The molecule has 0 aliphatic carbocycles. The minimum absolute atomic E-state index is 0.000782. The Morgan fingerprint density at radius 1 is 1.23 bits per heavy atom. The van der Waals surface area contributed by atoms with Crippen molar-refractivity contribution >= 4 is 41.6 Å². The largest absolute Gasteiger partial charge is 0.440 e. The topological polar surface area (TPSA) is 83.6 Å². The number of esters is 1. The number of carbonyl (C=O) groups is 3. The predicted molar refractivity (Wildman–Crippen MR) is 117 cm³/mol. The number of rotatable bonds is 7. The van der Waals surface area contributed by atoms with Gasteiger partial charge in [0.25, 0.3) is 5.91 Å². The molecule has 2 aromatic rings. The second kappa shape index (κ2) is 9.33. The number of anilines is 2. The number of hydrogen-bond donors (Lipinski definition) is 0. The molecule has 0 saturated heterocycles. The summed E-state index contributed by atoms with van der Waals surface area (Å²) >= 11 is 0. The highest BCUT2D eigenvalue weighted by Gasteiger charge is 2.34. The highest BCUT2D eigenvalue weighted by Crippen LogP contribution is 2.26. The number of para-hydroxylation sites is 1. The lowest BCUT2D eigenvalue weighted by atomic mass is 10.1. The van der Waals surface area contributed by atoms with Crippen LogP contribution < -0.4 is 9.91 Å². The quantitative estimate of drug-likeness (QED) is 0.229. The van der Waals surface area contributed by atoms with E-state index >= 15 is 0 Å². The van der Waals surface area contributed by atoms with Crippen molar-refractivity contribution in [1.29, 1.82) is 0 Å². The number of hydrazone groups is 1. The highest BCUT2D eigenvalue weighted by molar-refractivity contribution is 6.34. The molecule has 2 aromatic carbocycles. The lowest BCUT2D eigenvalue weighted by Gasteiger charge is -2.17. The van der Waals surface area contributed by atoms with E-state index in [1.165, 1.54) is 16.8 Å². The minimum atomic E-state index is -0.595. The van der Waals surface area contributed by atoms with Crippen LogP contribution in [0.3, 0.4) is 0 Å². The fourth-order valence-corrected chi connectivity index (χ4v) is 2.70. The molecule has 3 rings (SSSR count). The molecule has 0 atom stereocenters. The molecule has 8 nitrogen and oxygen atoms in total. The zero-order valence-electron chi connectivity index (χ0n) is 16.7. The summed E-state index contributed by atoms with van der Waals surface area (Å²) in [6, 6.07) is 15.5. The first kappa shape index (κ1) is 21.2. The first-order valence-electron chi connectivity index (χ1n) is 9.17. The fraction of sp³-hybridized carbons (Fsp3) is 0.0870. The van der Waals surface area contributed by atoms with Gasteiger partial charge in [-0.3, -0.25) is 14.5 Å². The average molecular weight is 414 g/mol. The molecule has 2 amide bonds. The molecule has 1 aliphatic heterocycles. The van der Waals surface area contributed by atoms with Crippen LogP contribution in [0.25, 0.3) is 10.9 Å². The van der Waals surface area contributed by atoms with Gasteiger partial charge in [-0.1, -0.05) is 49.6 Å². The van der Waals surface area contributed by atoms with Gasteiger partial charge in [0.05, 0.1) is 11.3 Å². The molecule has 0 N–H and O–H groups in total. The van der Waals surface area contributed by atoms with E-state index in [9.17, 15) is 14.4 Å². The Balaban J connectivity index is 1.79. The van der Waals surface area contributed by atoms with E-state index < -0.39 is 11.9 Å². The second-order valence-electron chi connectivity index (χ2n) is 6.55. The Hall–Kier alpha value is -4.51. The van der Waals surface area contributed by atoms with E-state index in [2.05, 4.69) is 16.5 Å². The molecule has 0 aromatic heterocycles. The maximum Gasteiger partial charge on any atom is 0.334 e. The van der Waals surface area contributed by atoms with Crippen LogP contribution in [-0.4, -0.2) is 30.9 Å². The minimum Gasteiger partial charge on any atom is -0.440 e. The van der Waals surface area contributed by atoms with E-state index in [0.717, 1.165) is 0 Å². The van der Waals surface area contributed by atoms with Gasteiger partial charge in [-0.15, -0.1) is 5.01 Å². The Labute approximate surface area is 179 Å².